The molecule has 0 aliphatic heterocycles. The number of methoxy groups -OCH3 is 1. The van der Waals surface area contributed by atoms with E-state index in [0.29, 0.717) is 22.2 Å². The normalized spacial score (nSPS) is 10.8. The number of nitrogens with one attached hydrogen (secondary N) is 1. The van der Waals surface area contributed by atoms with Gasteiger partial charge in [-0.2, -0.15) is 5.10 Å². The number of hydrazone groups is 1. The SMILES string of the molecule is COc1ccccc1OCC(=O)N/N=C\c1cc2ccccc2nc1Cl. The van der Waals surface area contributed by atoms with Crippen LogP contribution in [-0.2, 0) is 4.79 Å². The summed E-state index contributed by atoms with van der Waals surface area (Å²) in [6.45, 7) is -0.193. The molecule has 1 heterocycles. The van der Waals surface area contributed by atoms with Gasteiger partial charge in [0.25, 0.3) is 5.91 Å². The lowest BCUT2D eigenvalue weighted by Crippen LogP contribution is -2.24. The summed E-state index contributed by atoms with van der Waals surface area (Å²) in [6.07, 6.45) is 1.45. The van der Waals surface area contributed by atoms with E-state index in [1.54, 1.807) is 18.2 Å². The largest absolute Gasteiger partial charge is 0.493 e. The van der Waals surface area contributed by atoms with Crippen molar-refractivity contribution in [3.63, 3.8) is 0 Å². The lowest BCUT2D eigenvalue weighted by atomic mass is 10.2. The van der Waals surface area contributed by atoms with Gasteiger partial charge in [-0.05, 0) is 24.3 Å². The van der Waals surface area contributed by atoms with Crippen LogP contribution in [0.15, 0.2) is 59.7 Å². The highest BCUT2D eigenvalue weighted by Gasteiger charge is 2.06. The molecule has 26 heavy (non-hydrogen) atoms. The summed E-state index contributed by atoms with van der Waals surface area (Å²) in [5.74, 6) is 0.630. The average Bonchev–Trinajstić information content (AvgIpc) is 2.67. The van der Waals surface area contributed by atoms with Crippen LogP contribution in [0.25, 0.3) is 10.9 Å². The molecular formula is C19H16ClN3O3. The molecule has 1 amide bonds. The number of carbonyl (C=O) groups excluding carboxylic acids is 1. The summed E-state index contributed by atoms with van der Waals surface area (Å²) in [6, 6.07) is 16.5. The standard InChI is InChI=1S/C19H16ClN3O3/c1-25-16-8-4-5-9-17(16)26-12-18(24)23-21-11-14-10-13-6-2-3-7-15(13)22-19(14)20/h2-11H,12H2,1H3,(H,23,24)/b21-11-. The summed E-state index contributed by atoms with van der Waals surface area (Å²) in [5.41, 5.74) is 3.80. The van der Waals surface area contributed by atoms with Gasteiger partial charge in [-0.25, -0.2) is 10.4 Å². The monoisotopic (exact) mass is 369 g/mol. The highest BCUT2D eigenvalue weighted by molar-refractivity contribution is 6.32. The van der Waals surface area contributed by atoms with Crippen molar-refractivity contribution < 1.29 is 14.3 Å². The fourth-order valence-corrected chi connectivity index (χ4v) is 2.48. The van der Waals surface area contributed by atoms with Crippen molar-refractivity contribution in [2.45, 2.75) is 0 Å². The first-order valence-electron chi connectivity index (χ1n) is 7.80. The summed E-state index contributed by atoms with van der Waals surface area (Å²) in [5, 5.41) is 5.15. The van der Waals surface area contributed by atoms with Gasteiger partial charge in [0.15, 0.2) is 18.1 Å². The number of amides is 1. The van der Waals surface area contributed by atoms with Crippen LogP contribution >= 0.6 is 11.6 Å². The third kappa shape index (κ3) is 4.29. The van der Waals surface area contributed by atoms with E-state index in [1.165, 1.54) is 13.3 Å². The summed E-state index contributed by atoms with van der Waals surface area (Å²) < 4.78 is 10.6. The molecule has 7 heteroatoms. The average molecular weight is 370 g/mol. The molecule has 0 bridgehead atoms. The van der Waals surface area contributed by atoms with Gasteiger partial charge in [0.1, 0.15) is 5.15 Å². The molecule has 132 valence electrons. The van der Waals surface area contributed by atoms with Gasteiger partial charge in [0, 0.05) is 10.9 Å². The predicted octanol–water partition coefficient (Wildman–Crippen LogP) is 3.43. The zero-order chi connectivity index (χ0) is 18.4. The molecule has 0 atom stereocenters. The summed E-state index contributed by atoms with van der Waals surface area (Å²) in [4.78, 5) is 16.2. The van der Waals surface area contributed by atoms with E-state index in [2.05, 4.69) is 15.5 Å². The van der Waals surface area contributed by atoms with E-state index in [-0.39, 0.29) is 6.61 Å². The quantitative estimate of drug-likeness (QED) is 0.410. The molecule has 1 N–H and O–H groups in total. The third-order valence-electron chi connectivity index (χ3n) is 3.53. The number of fused-ring (bicyclic) bond motifs is 1. The molecule has 0 fully saturated rings. The van der Waals surface area contributed by atoms with Crippen LogP contribution in [-0.4, -0.2) is 30.8 Å². The van der Waals surface area contributed by atoms with Crippen LogP contribution in [0.5, 0.6) is 11.5 Å². The van der Waals surface area contributed by atoms with Crippen molar-refractivity contribution in [1.82, 2.24) is 10.4 Å². The van der Waals surface area contributed by atoms with E-state index in [4.69, 9.17) is 21.1 Å². The van der Waals surface area contributed by atoms with Crippen molar-refractivity contribution in [1.29, 1.82) is 0 Å². The van der Waals surface area contributed by atoms with Gasteiger partial charge >= 0.3 is 0 Å². The topological polar surface area (TPSA) is 72.8 Å². The molecule has 3 aromatic rings. The van der Waals surface area contributed by atoms with Crippen molar-refractivity contribution >= 4 is 34.6 Å². The first-order chi connectivity index (χ1) is 12.7. The number of rotatable bonds is 6. The van der Waals surface area contributed by atoms with E-state index in [9.17, 15) is 4.79 Å². The number of carbonyl (C=O) groups is 1. The maximum atomic E-state index is 11.9. The first kappa shape index (κ1) is 17.7. The molecule has 6 nitrogen and oxygen atoms in total. The van der Waals surface area contributed by atoms with E-state index >= 15 is 0 Å². The predicted molar refractivity (Wildman–Crippen MR) is 101 cm³/mol. The molecule has 3 rings (SSSR count). The fourth-order valence-electron chi connectivity index (χ4n) is 2.29. The van der Waals surface area contributed by atoms with E-state index in [0.717, 1.165) is 10.9 Å². The lowest BCUT2D eigenvalue weighted by Gasteiger charge is -2.09. The van der Waals surface area contributed by atoms with Gasteiger partial charge in [-0.3, -0.25) is 4.79 Å². The van der Waals surface area contributed by atoms with E-state index < -0.39 is 5.91 Å². The minimum Gasteiger partial charge on any atom is -0.493 e. The van der Waals surface area contributed by atoms with Crippen LogP contribution in [0.1, 0.15) is 5.56 Å². The number of ether oxygens (including phenoxy) is 2. The highest BCUT2D eigenvalue weighted by atomic mass is 35.5. The number of nitrogens with zero attached hydrogens (tertiary/aromatic N) is 2. The van der Waals surface area contributed by atoms with Gasteiger partial charge in [-0.15, -0.1) is 0 Å². The molecular weight excluding hydrogens is 354 g/mol. The van der Waals surface area contributed by atoms with Crippen LogP contribution in [0.2, 0.25) is 5.15 Å². The molecule has 2 aromatic carbocycles. The minimum atomic E-state index is -0.406. The molecule has 0 aliphatic carbocycles. The van der Waals surface area contributed by atoms with Crippen molar-refractivity contribution in [3.05, 3.63) is 65.3 Å². The Labute approximate surface area is 155 Å². The molecule has 0 aliphatic rings. The first-order valence-corrected chi connectivity index (χ1v) is 8.18. The zero-order valence-corrected chi connectivity index (χ0v) is 14.7. The molecule has 0 spiro atoms. The zero-order valence-electron chi connectivity index (χ0n) is 14.0. The third-order valence-corrected chi connectivity index (χ3v) is 3.83. The highest BCUT2D eigenvalue weighted by Crippen LogP contribution is 2.25. The number of hydrogen-bond donors (Lipinski definition) is 1. The Kier molecular flexibility index (Phi) is 5.66. The number of benzene rings is 2. The van der Waals surface area contributed by atoms with E-state index in [1.807, 2.05) is 36.4 Å². The van der Waals surface area contributed by atoms with Crippen molar-refractivity contribution in [2.75, 3.05) is 13.7 Å². The number of para-hydroxylation sites is 3. The van der Waals surface area contributed by atoms with Crippen LogP contribution in [0.3, 0.4) is 0 Å². The second-order valence-corrected chi connectivity index (χ2v) is 5.65. The Hall–Kier alpha value is -3.12. The second kappa shape index (κ2) is 8.31. The van der Waals surface area contributed by atoms with Crippen molar-refractivity contribution in [2.24, 2.45) is 5.10 Å². The molecule has 0 radical (unpaired) electrons. The molecule has 0 unspecified atom stereocenters. The Balaban J connectivity index is 1.60. The maximum Gasteiger partial charge on any atom is 0.277 e. The number of halogens is 1. The summed E-state index contributed by atoms with van der Waals surface area (Å²) in [7, 11) is 1.54. The molecule has 0 saturated heterocycles. The Bertz CT molecular complexity index is 960. The summed E-state index contributed by atoms with van der Waals surface area (Å²) >= 11 is 6.14. The van der Waals surface area contributed by atoms with Crippen molar-refractivity contribution in [3.8, 4) is 11.5 Å². The van der Waals surface area contributed by atoms with Gasteiger partial charge in [0.2, 0.25) is 0 Å². The minimum absolute atomic E-state index is 0.193. The Morgan fingerprint density at radius 2 is 1.92 bits per heavy atom. The fraction of sp³-hybridized carbons (Fsp3) is 0.105. The van der Waals surface area contributed by atoms with Crippen LogP contribution < -0.4 is 14.9 Å². The van der Waals surface area contributed by atoms with Crippen LogP contribution in [0, 0.1) is 0 Å². The maximum absolute atomic E-state index is 11.9. The van der Waals surface area contributed by atoms with Gasteiger partial charge in [0.05, 0.1) is 18.8 Å². The number of hydrogen-bond acceptors (Lipinski definition) is 5. The second-order valence-electron chi connectivity index (χ2n) is 5.29. The van der Waals surface area contributed by atoms with Crippen LogP contribution in [0.4, 0.5) is 0 Å². The smallest absolute Gasteiger partial charge is 0.277 e. The number of pyridine rings is 1. The Morgan fingerprint density at radius 3 is 2.73 bits per heavy atom. The van der Waals surface area contributed by atoms with Gasteiger partial charge < -0.3 is 9.47 Å². The number of aromatic nitrogens is 1. The van der Waals surface area contributed by atoms with Gasteiger partial charge in [-0.1, -0.05) is 41.9 Å². The molecule has 1 aromatic heterocycles. The lowest BCUT2D eigenvalue weighted by molar-refractivity contribution is -0.123. The molecule has 0 saturated carbocycles. The Morgan fingerprint density at radius 1 is 1.19 bits per heavy atom.